The highest BCUT2D eigenvalue weighted by molar-refractivity contribution is 5.67. The summed E-state index contributed by atoms with van der Waals surface area (Å²) in [6, 6.07) is 9.99. The SMILES string of the molecule is CC(=O)OC1(c2ccccc2)CC1(C)C. The molecule has 2 rings (SSSR count). The Kier molecular flexibility index (Phi) is 2.10. The fraction of sp³-hybridized carbons (Fsp3) is 0.462. The van der Waals surface area contributed by atoms with E-state index in [1.165, 1.54) is 6.92 Å². The first-order valence-electron chi connectivity index (χ1n) is 5.23. The zero-order valence-corrected chi connectivity index (χ0v) is 9.41. The van der Waals surface area contributed by atoms with Crippen molar-refractivity contribution in [3.8, 4) is 0 Å². The Hall–Kier alpha value is -1.31. The molecule has 0 saturated heterocycles. The molecule has 1 saturated carbocycles. The zero-order valence-electron chi connectivity index (χ0n) is 9.41. The van der Waals surface area contributed by atoms with Crippen LogP contribution in [0.2, 0.25) is 0 Å². The Balaban J connectivity index is 2.35. The summed E-state index contributed by atoms with van der Waals surface area (Å²) < 4.78 is 5.51. The molecule has 1 aromatic carbocycles. The summed E-state index contributed by atoms with van der Waals surface area (Å²) in [6.45, 7) is 5.73. The van der Waals surface area contributed by atoms with Gasteiger partial charge in [0.1, 0.15) is 5.60 Å². The number of rotatable bonds is 2. The number of benzene rings is 1. The quantitative estimate of drug-likeness (QED) is 0.692. The van der Waals surface area contributed by atoms with E-state index in [2.05, 4.69) is 13.8 Å². The van der Waals surface area contributed by atoms with Crippen LogP contribution in [0.1, 0.15) is 32.8 Å². The van der Waals surface area contributed by atoms with Crippen molar-refractivity contribution in [2.45, 2.75) is 32.8 Å². The molecule has 0 spiro atoms. The topological polar surface area (TPSA) is 26.3 Å². The summed E-state index contributed by atoms with van der Waals surface area (Å²) in [5, 5.41) is 0. The van der Waals surface area contributed by atoms with Gasteiger partial charge in [-0.1, -0.05) is 44.2 Å². The molecule has 0 radical (unpaired) electrons. The van der Waals surface area contributed by atoms with Gasteiger partial charge in [-0.15, -0.1) is 0 Å². The van der Waals surface area contributed by atoms with Crippen LogP contribution in [0.3, 0.4) is 0 Å². The van der Waals surface area contributed by atoms with Gasteiger partial charge in [-0.05, 0) is 5.56 Å². The van der Waals surface area contributed by atoms with E-state index < -0.39 is 0 Å². The summed E-state index contributed by atoms with van der Waals surface area (Å²) in [4.78, 5) is 11.1. The normalized spacial score (nSPS) is 27.1. The number of carbonyl (C=O) groups is 1. The fourth-order valence-electron chi connectivity index (χ4n) is 2.26. The lowest BCUT2D eigenvalue weighted by molar-refractivity contribution is -0.151. The highest BCUT2D eigenvalue weighted by Gasteiger charge is 2.65. The van der Waals surface area contributed by atoms with E-state index >= 15 is 0 Å². The van der Waals surface area contributed by atoms with Gasteiger partial charge in [-0.25, -0.2) is 0 Å². The maximum Gasteiger partial charge on any atom is 0.303 e. The molecule has 2 heteroatoms. The molecule has 0 aromatic heterocycles. The van der Waals surface area contributed by atoms with Crippen molar-refractivity contribution in [1.82, 2.24) is 0 Å². The molecule has 80 valence electrons. The second-order valence-corrected chi connectivity index (χ2v) is 4.85. The van der Waals surface area contributed by atoms with Gasteiger partial charge in [0.2, 0.25) is 0 Å². The summed E-state index contributed by atoms with van der Waals surface area (Å²) in [5.74, 6) is -0.204. The minimum absolute atomic E-state index is 0.0556. The van der Waals surface area contributed by atoms with Gasteiger partial charge in [0.05, 0.1) is 0 Å². The molecule has 1 aromatic rings. The second-order valence-electron chi connectivity index (χ2n) is 4.85. The Morgan fingerprint density at radius 3 is 2.20 bits per heavy atom. The lowest BCUT2D eigenvalue weighted by atomic mass is 9.99. The Bertz CT molecular complexity index is 381. The minimum Gasteiger partial charge on any atom is -0.454 e. The van der Waals surface area contributed by atoms with Gasteiger partial charge in [0, 0.05) is 18.8 Å². The third-order valence-electron chi connectivity index (χ3n) is 3.22. The average molecular weight is 204 g/mol. The van der Waals surface area contributed by atoms with Crippen LogP contribution in [0.15, 0.2) is 30.3 Å². The fourth-order valence-corrected chi connectivity index (χ4v) is 2.26. The van der Waals surface area contributed by atoms with Crippen molar-refractivity contribution < 1.29 is 9.53 Å². The highest BCUT2D eigenvalue weighted by atomic mass is 16.6. The smallest absolute Gasteiger partial charge is 0.303 e. The standard InChI is InChI=1S/C13H16O2/c1-10(14)15-13(9-12(13,2)3)11-7-5-4-6-8-11/h4-8H,9H2,1-3H3. The van der Waals surface area contributed by atoms with Crippen LogP contribution < -0.4 is 0 Å². The summed E-state index contributed by atoms with van der Waals surface area (Å²) in [5.41, 5.74) is 0.769. The number of hydrogen-bond donors (Lipinski definition) is 0. The van der Waals surface area contributed by atoms with Crippen LogP contribution in [0.4, 0.5) is 0 Å². The molecule has 0 bridgehead atoms. The molecular formula is C13H16O2. The van der Waals surface area contributed by atoms with Crippen LogP contribution in [-0.2, 0) is 15.1 Å². The maximum absolute atomic E-state index is 11.1. The van der Waals surface area contributed by atoms with Crippen molar-refractivity contribution in [1.29, 1.82) is 0 Å². The van der Waals surface area contributed by atoms with Gasteiger partial charge in [-0.3, -0.25) is 4.79 Å². The lowest BCUT2D eigenvalue weighted by Crippen LogP contribution is -2.21. The number of carbonyl (C=O) groups excluding carboxylic acids is 1. The molecule has 1 aliphatic rings. The number of hydrogen-bond acceptors (Lipinski definition) is 2. The van der Waals surface area contributed by atoms with E-state index in [0.717, 1.165) is 12.0 Å². The van der Waals surface area contributed by atoms with Crippen LogP contribution in [-0.4, -0.2) is 5.97 Å². The Morgan fingerprint density at radius 1 is 1.27 bits per heavy atom. The van der Waals surface area contributed by atoms with Crippen LogP contribution in [0, 0.1) is 5.41 Å². The first-order valence-corrected chi connectivity index (χ1v) is 5.23. The molecule has 1 atom stereocenters. The molecule has 0 amide bonds. The molecule has 1 fully saturated rings. The van der Waals surface area contributed by atoms with Gasteiger partial charge < -0.3 is 4.74 Å². The van der Waals surface area contributed by atoms with E-state index in [0.29, 0.717) is 0 Å². The maximum atomic E-state index is 11.1. The first-order chi connectivity index (χ1) is 6.98. The first kappa shape index (κ1) is 10.2. The molecule has 0 aliphatic heterocycles. The molecule has 1 aliphatic carbocycles. The molecular weight excluding hydrogens is 188 g/mol. The lowest BCUT2D eigenvalue weighted by Gasteiger charge is -2.20. The highest BCUT2D eigenvalue weighted by Crippen LogP contribution is 2.64. The largest absolute Gasteiger partial charge is 0.454 e. The van der Waals surface area contributed by atoms with Crippen molar-refractivity contribution in [2.75, 3.05) is 0 Å². The molecule has 0 N–H and O–H groups in total. The van der Waals surface area contributed by atoms with Crippen LogP contribution in [0.25, 0.3) is 0 Å². The van der Waals surface area contributed by atoms with E-state index in [-0.39, 0.29) is 17.0 Å². The Morgan fingerprint density at radius 2 is 1.80 bits per heavy atom. The predicted octanol–water partition coefficient (Wildman–Crippen LogP) is 2.87. The predicted molar refractivity (Wildman–Crippen MR) is 58.3 cm³/mol. The second kappa shape index (κ2) is 3.09. The van der Waals surface area contributed by atoms with Gasteiger partial charge in [-0.2, -0.15) is 0 Å². The summed E-state index contributed by atoms with van der Waals surface area (Å²) in [6.07, 6.45) is 0.906. The average Bonchev–Trinajstić information content (AvgIpc) is 2.70. The third-order valence-corrected chi connectivity index (χ3v) is 3.22. The molecule has 15 heavy (non-hydrogen) atoms. The van der Waals surface area contributed by atoms with Crippen molar-refractivity contribution >= 4 is 5.97 Å². The van der Waals surface area contributed by atoms with E-state index in [4.69, 9.17) is 4.74 Å². The van der Waals surface area contributed by atoms with E-state index in [1.54, 1.807) is 0 Å². The monoisotopic (exact) mass is 204 g/mol. The van der Waals surface area contributed by atoms with Crippen molar-refractivity contribution in [3.63, 3.8) is 0 Å². The summed E-state index contributed by atoms with van der Waals surface area (Å²) >= 11 is 0. The number of ether oxygens (including phenoxy) is 1. The van der Waals surface area contributed by atoms with Gasteiger partial charge in [0.15, 0.2) is 0 Å². The molecule has 0 heterocycles. The van der Waals surface area contributed by atoms with E-state index in [9.17, 15) is 4.79 Å². The van der Waals surface area contributed by atoms with Crippen LogP contribution >= 0.6 is 0 Å². The number of esters is 1. The molecule has 1 unspecified atom stereocenters. The van der Waals surface area contributed by atoms with Crippen LogP contribution in [0.5, 0.6) is 0 Å². The van der Waals surface area contributed by atoms with E-state index in [1.807, 2.05) is 30.3 Å². The van der Waals surface area contributed by atoms with Crippen molar-refractivity contribution in [3.05, 3.63) is 35.9 Å². The zero-order chi connectivity index (χ0) is 11.1. The Labute approximate surface area is 90.3 Å². The molecule has 2 nitrogen and oxygen atoms in total. The third kappa shape index (κ3) is 1.54. The minimum atomic E-state index is -0.389. The van der Waals surface area contributed by atoms with Gasteiger partial charge in [0.25, 0.3) is 0 Å². The van der Waals surface area contributed by atoms with Gasteiger partial charge >= 0.3 is 5.97 Å². The van der Waals surface area contributed by atoms with Crippen molar-refractivity contribution in [2.24, 2.45) is 5.41 Å². The summed E-state index contributed by atoms with van der Waals surface area (Å²) in [7, 11) is 0.